The van der Waals surface area contributed by atoms with Crippen LogP contribution in [0.15, 0.2) is 30.6 Å². The average molecular weight is 244 g/mol. The first kappa shape index (κ1) is 11.7. The van der Waals surface area contributed by atoms with Gasteiger partial charge >= 0.3 is 0 Å². The lowest BCUT2D eigenvalue weighted by Gasteiger charge is -2.16. The first-order valence-corrected chi connectivity index (χ1v) is 6.93. The van der Waals surface area contributed by atoms with Crippen molar-refractivity contribution in [1.29, 1.82) is 0 Å². The SMILES string of the molecule is OC(CCc1cn2ccccc2n1)C1CCCC1. The van der Waals surface area contributed by atoms with Gasteiger partial charge in [-0.05, 0) is 43.7 Å². The molecule has 2 aromatic rings. The number of aliphatic hydroxyl groups excluding tert-OH is 1. The molecule has 2 aromatic heterocycles. The summed E-state index contributed by atoms with van der Waals surface area (Å²) in [5.74, 6) is 0.530. The number of pyridine rings is 1. The minimum atomic E-state index is -0.141. The third-order valence-electron chi connectivity index (χ3n) is 4.05. The van der Waals surface area contributed by atoms with Gasteiger partial charge in [0.2, 0.25) is 0 Å². The first-order valence-electron chi connectivity index (χ1n) is 6.93. The van der Waals surface area contributed by atoms with Crippen LogP contribution in [0.5, 0.6) is 0 Å². The molecular formula is C15H20N2O. The molecule has 0 aromatic carbocycles. The molecule has 1 unspecified atom stereocenters. The molecule has 96 valence electrons. The molecule has 1 atom stereocenters. The molecule has 3 heteroatoms. The van der Waals surface area contributed by atoms with Crippen molar-refractivity contribution < 1.29 is 5.11 Å². The van der Waals surface area contributed by atoms with Crippen LogP contribution in [0.25, 0.3) is 5.65 Å². The first-order chi connectivity index (χ1) is 8.83. The van der Waals surface area contributed by atoms with E-state index >= 15 is 0 Å². The van der Waals surface area contributed by atoms with E-state index in [0.717, 1.165) is 24.2 Å². The van der Waals surface area contributed by atoms with E-state index in [-0.39, 0.29) is 6.10 Å². The third kappa shape index (κ3) is 2.41. The van der Waals surface area contributed by atoms with Crippen LogP contribution in [0.2, 0.25) is 0 Å². The van der Waals surface area contributed by atoms with E-state index in [4.69, 9.17) is 0 Å². The third-order valence-corrected chi connectivity index (χ3v) is 4.05. The van der Waals surface area contributed by atoms with Crippen molar-refractivity contribution in [1.82, 2.24) is 9.38 Å². The van der Waals surface area contributed by atoms with Gasteiger partial charge in [0.05, 0.1) is 11.8 Å². The van der Waals surface area contributed by atoms with Gasteiger partial charge in [0, 0.05) is 12.4 Å². The molecule has 0 radical (unpaired) electrons. The summed E-state index contributed by atoms with van der Waals surface area (Å²) < 4.78 is 2.04. The quantitative estimate of drug-likeness (QED) is 0.898. The number of fused-ring (bicyclic) bond motifs is 1. The van der Waals surface area contributed by atoms with E-state index < -0.39 is 0 Å². The average Bonchev–Trinajstić information content (AvgIpc) is 3.04. The van der Waals surface area contributed by atoms with Crippen molar-refractivity contribution in [2.45, 2.75) is 44.6 Å². The number of hydrogen-bond acceptors (Lipinski definition) is 2. The number of aromatic nitrogens is 2. The van der Waals surface area contributed by atoms with E-state index in [1.165, 1.54) is 25.7 Å². The molecule has 1 aliphatic rings. The molecule has 0 amide bonds. The van der Waals surface area contributed by atoms with Gasteiger partial charge < -0.3 is 9.51 Å². The van der Waals surface area contributed by atoms with Crippen LogP contribution in [0.1, 0.15) is 37.8 Å². The monoisotopic (exact) mass is 244 g/mol. The van der Waals surface area contributed by atoms with E-state index in [9.17, 15) is 5.11 Å². The highest BCUT2D eigenvalue weighted by Gasteiger charge is 2.22. The Bertz CT molecular complexity index is 481. The van der Waals surface area contributed by atoms with Gasteiger partial charge in [0.25, 0.3) is 0 Å². The number of aliphatic hydroxyl groups is 1. The second-order valence-electron chi connectivity index (χ2n) is 5.35. The molecule has 0 saturated heterocycles. The Morgan fingerprint density at radius 2 is 2.17 bits per heavy atom. The zero-order valence-corrected chi connectivity index (χ0v) is 10.6. The van der Waals surface area contributed by atoms with Crippen molar-refractivity contribution >= 4 is 5.65 Å². The summed E-state index contributed by atoms with van der Waals surface area (Å²) >= 11 is 0. The molecule has 0 aliphatic heterocycles. The van der Waals surface area contributed by atoms with Gasteiger partial charge in [-0.1, -0.05) is 18.9 Å². The molecule has 3 nitrogen and oxygen atoms in total. The van der Waals surface area contributed by atoms with Crippen LogP contribution in [0.4, 0.5) is 0 Å². The number of imidazole rings is 1. The Balaban J connectivity index is 1.62. The highest BCUT2D eigenvalue weighted by atomic mass is 16.3. The van der Waals surface area contributed by atoms with Gasteiger partial charge in [-0.15, -0.1) is 0 Å². The van der Waals surface area contributed by atoms with Crippen molar-refractivity contribution in [2.75, 3.05) is 0 Å². The summed E-state index contributed by atoms with van der Waals surface area (Å²) in [5.41, 5.74) is 2.07. The molecule has 18 heavy (non-hydrogen) atoms. The number of nitrogens with zero attached hydrogens (tertiary/aromatic N) is 2. The maximum absolute atomic E-state index is 10.2. The normalized spacial score (nSPS) is 18.5. The maximum atomic E-state index is 10.2. The molecule has 2 heterocycles. The van der Waals surface area contributed by atoms with Crippen LogP contribution >= 0.6 is 0 Å². The van der Waals surface area contributed by atoms with Crippen LogP contribution in [-0.4, -0.2) is 20.6 Å². The van der Waals surface area contributed by atoms with Crippen molar-refractivity contribution in [3.8, 4) is 0 Å². The van der Waals surface area contributed by atoms with Gasteiger partial charge in [0.15, 0.2) is 0 Å². The molecular weight excluding hydrogens is 224 g/mol. The van der Waals surface area contributed by atoms with Gasteiger partial charge in [-0.3, -0.25) is 0 Å². The highest BCUT2D eigenvalue weighted by Crippen LogP contribution is 2.29. The number of hydrogen-bond donors (Lipinski definition) is 1. The predicted octanol–water partition coefficient (Wildman–Crippen LogP) is 2.82. The summed E-state index contributed by atoms with van der Waals surface area (Å²) in [6.45, 7) is 0. The van der Waals surface area contributed by atoms with Crippen LogP contribution in [0.3, 0.4) is 0 Å². The van der Waals surface area contributed by atoms with Gasteiger partial charge in [-0.25, -0.2) is 4.98 Å². The predicted molar refractivity (Wildman–Crippen MR) is 71.5 cm³/mol. The fraction of sp³-hybridized carbons (Fsp3) is 0.533. The molecule has 1 saturated carbocycles. The minimum Gasteiger partial charge on any atom is -0.393 e. The highest BCUT2D eigenvalue weighted by molar-refractivity contribution is 5.39. The zero-order valence-electron chi connectivity index (χ0n) is 10.6. The fourth-order valence-electron chi connectivity index (χ4n) is 2.98. The standard InChI is InChI=1S/C15H20N2O/c18-14(12-5-1-2-6-12)9-8-13-11-17-10-4-3-7-15(17)16-13/h3-4,7,10-12,14,18H,1-2,5-6,8-9H2. The molecule has 1 N–H and O–H groups in total. The second-order valence-corrected chi connectivity index (χ2v) is 5.35. The number of aryl methyl sites for hydroxylation is 1. The van der Waals surface area contributed by atoms with Crippen molar-refractivity contribution in [3.63, 3.8) is 0 Å². The zero-order chi connectivity index (χ0) is 12.4. The van der Waals surface area contributed by atoms with E-state index in [0.29, 0.717) is 5.92 Å². The van der Waals surface area contributed by atoms with E-state index in [1.807, 2.05) is 28.8 Å². The number of rotatable bonds is 4. The lowest BCUT2D eigenvalue weighted by Crippen LogP contribution is -2.18. The molecule has 1 fully saturated rings. The Morgan fingerprint density at radius 1 is 1.33 bits per heavy atom. The summed E-state index contributed by atoms with van der Waals surface area (Å²) in [5, 5.41) is 10.2. The van der Waals surface area contributed by atoms with Crippen molar-refractivity contribution in [3.05, 3.63) is 36.3 Å². The Labute approximate surface area is 107 Å². The Hall–Kier alpha value is -1.35. The van der Waals surface area contributed by atoms with E-state index in [1.54, 1.807) is 0 Å². The smallest absolute Gasteiger partial charge is 0.136 e. The fourth-order valence-corrected chi connectivity index (χ4v) is 2.98. The van der Waals surface area contributed by atoms with Crippen LogP contribution < -0.4 is 0 Å². The van der Waals surface area contributed by atoms with Gasteiger partial charge in [-0.2, -0.15) is 0 Å². The lowest BCUT2D eigenvalue weighted by atomic mass is 9.96. The topological polar surface area (TPSA) is 37.5 Å². The summed E-state index contributed by atoms with van der Waals surface area (Å²) in [7, 11) is 0. The molecule has 0 bridgehead atoms. The second kappa shape index (κ2) is 5.11. The maximum Gasteiger partial charge on any atom is 0.136 e. The molecule has 1 aliphatic carbocycles. The minimum absolute atomic E-state index is 0.141. The Morgan fingerprint density at radius 3 is 2.94 bits per heavy atom. The van der Waals surface area contributed by atoms with E-state index in [2.05, 4.69) is 11.2 Å². The van der Waals surface area contributed by atoms with Gasteiger partial charge in [0.1, 0.15) is 5.65 Å². The van der Waals surface area contributed by atoms with Crippen LogP contribution in [-0.2, 0) is 6.42 Å². The summed E-state index contributed by atoms with van der Waals surface area (Å²) in [6.07, 6.45) is 10.6. The lowest BCUT2D eigenvalue weighted by molar-refractivity contribution is 0.102. The molecule has 0 spiro atoms. The largest absolute Gasteiger partial charge is 0.393 e. The Kier molecular flexibility index (Phi) is 3.33. The van der Waals surface area contributed by atoms with Crippen molar-refractivity contribution in [2.24, 2.45) is 5.92 Å². The molecule has 3 rings (SSSR count). The summed E-state index contributed by atoms with van der Waals surface area (Å²) in [6, 6.07) is 6.02. The summed E-state index contributed by atoms with van der Waals surface area (Å²) in [4.78, 5) is 4.56. The van der Waals surface area contributed by atoms with Crippen LogP contribution in [0, 0.1) is 5.92 Å².